The van der Waals surface area contributed by atoms with Crippen molar-refractivity contribution in [1.29, 1.82) is 0 Å². The lowest BCUT2D eigenvalue weighted by Crippen LogP contribution is -2.19. The second-order valence-corrected chi connectivity index (χ2v) is 7.01. The Morgan fingerprint density at radius 2 is 1.55 bits per heavy atom. The van der Waals surface area contributed by atoms with Crippen LogP contribution in [0.4, 0.5) is 8.78 Å². The third kappa shape index (κ3) is 3.12. The summed E-state index contributed by atoms with van der Waals surface area (Å²) in [6.45, 7) is 3.16. The van der Waals surface area contributed by atoms with E-state index in [1.54, 1.807) is 19.1 Å². The SMILES string of the molecule is Cc1cc(-c2cn(-c3ccc(O)cc3)c(=O)c3c(C)cc(O)cc23)cc(F)c1F. The van der Waals surface area contributed by atoms with Gasteiger partial charge in [0.2, 0.25) is 0 Å². The number of pyridine rings is 1. The van der Waals surface area contributed by atoms with Crippen LogP contribution in [0.5, 0.6) is 11.5 Å². The summed E-state index contributed by atoms with van der Waals surface area (Å²) in [5.74, 6) is -1.89. The van der Waals surface area contributed by atoms with Crippen LogP contribution in [0.2, 0.25) is 0 Å². The number of hydrogen-bond acceptors (Lipinski definition) is 3. The quantitative estimate of drug-likeness (QED) is 0.506. The standard InChI is InChI=1S/C23H17F2NO3/c1-12-8-17(28)10-18-19(14-7-13(2)22(25)20(24)9-14)11-26(23(29)21(12)18)15-3-5-16(27)6-4-15/h3-11,27-28H,1-2H3. The van der Waals surface area contributed by atoms with Gasteiger partial charge in [0.1, 0.15) is 11.5 Å². The van der Waals surface area contributed by atoms with E-state index < -0.39 is 11.6 Å². The van der Waals surface area contributed by atoms with E-state index in [9.17, 15) is 23.8 Å². The highest BCUT2D eigenvalue weighted by Gasteiger charge is 2.17. The Bertz CT molecular complexity index is 1300. The van der Waals surface area contributed by atoms with E-state index >= 15 is 0 Å². The van der Waals surface area contributed by atoms with Crippen LogP contribution in [-0.4, -0.2) is 14.8 Å². The summed E-state index contributed by atoms with van der Waals surface area (Å²) in [4.78, 5) is 13.2. The molecule has 4 nitrogen and oxygen atoms in total. The van der Waals surface area contributed by atoms with E-state index in [2.05, 4.69) is 0 Å². The van der Waals surface area contributed by atoms with Crippen LogP contribution in [0, 0.1) is 25.5 Å². The molecule has 3 aromatic carbocycles. The van der Waals surface area contributed by atoms with Gasteiger partial charge in [0, 0.05) is 22.8 Å². The largest absolute Gasteiger partial charge is 0.508 e. The molecule has 6 heteroatoms. The van der Waals surface area contributed by atoms with Crippen LogP contribution in [0.25, 0.3) is 27.6 Å². The lowest BCUT2D eigenvalue weighted by atomic mass is 9.96. The van der Waals surface area contributed by atoms with E-state index in [1.807, 2.05) is 0 Å². The fourth-order valence-corrected chi connectivity index (χ4v) is 3.56. The van der Waals surface area contributed by atoms with Gasteiger partial charge < -0.3 is 10.2 Å². The first-order valence-corrected chi connectivity index (χ1v) is 8.90. The van der Waals surface area contributed by atoms with Crippen molar-refractivity contribution in [1.82, 2.24) is 4.57 Å². The normalized spacial score (nSPS) is 11.2. The Morgan fingerprint density at radius 1 is 0.862 bits per heavy atom. The third-order valence-electron chi connectivity index (χ3n) is 4.95. The second kappa shape index (κ2) is 6.74. The highest BCUT2D eigenvalue weighted by molar-refractivity contribution is 5.98. The molecule has 0 spiro atoms. The highest BCUT2D eigenvalue weighted by atomic mass is 19.2. The van der Waals surface area contributed by atoms with Crippen molar-refractivity contribution in [2.24, 2.45) is 0 Å². The number of halogens is 2. The van der Waals surface area contributed by atoms with Crippen LogP contribution >= 0.6 is 0 Å². The predicted molar refractivity (Wildman–Crippen MR) is 108 cm³/mol. The summed E-state index contributed by atoms with van der Waals surface area (Å²) in [5, 5.41) is 20.4. The molecule has 0 unspecified atom stereocenters. The average Bonchev–Trinajstić information content (AvgIpc) is 2.66. The molecule has 0 saturated carbocycles. The number of phenols is 2. The zero-order chi connectivity index (χ0) is 20.9. The highest BCUT2D eigenvalue weighted by Crippen LogP contribution is 2.33. The summed E-state index contributed by atoms with van der Waals surface area (Å²) in [7, 11) is 0. The third-order valence-corrected chi connectivity index (χ3v) is 4.95. The summed E-state index contributed by atoms with van der Waals surface area (Å²) in [5.41, 5.74) is 1.71. The molecule has 2 N–H and O–H groups in total. The minimum absolute atomic E-state index is 0.0302. The number of fused-ring (bicyclic) bond motifs is 1. The maximum Gasteiger partial charge on any atom is 0.263 e. The molecule has 0 aliphatic carbocycles. The summed E-state index contributed by atoms with van der Waals surface area (Å²) in [6.07, 6.45) is 1.53. The minimum Gasteiger partial charge on any atom is -0.508 e. The number of rotatable bonds is 2. The molecule has 29 heavy (non-hydrogen) atoms. The number of aryl methyl sites for hydroxylation is 2. The van der Waals surface area contributed by atoms with Crippen molar-refractivity contribution in [3.05, 3.63) is 87.8 Å². The average molecular weight is 393 g/mol. The number of aromatic nitrogens is 1. The molecule has 0 saturated heterocycles. The molecule has 146 valence electrons. The van der Waals surface area contributed by atoms with Crippen molar-refractivity contribution < 1.29 is 19.0 Å². The summed E-state index contributed by atoms with van der Waals surface area (Å²) < 4.78 is 29.3. The molecular formula is C23H17F2NO3. The van der Waals surface area contributed by atoms with Crippen molar-refractivity contribution in [3.8, 4) is 28.3 Å². The van der Waals surface area contributed by atoms with Gasteiger partial charge in [0.25, 0.3) is 5.56 Å². The van der Waals surface area contributed by atoms with Crippen LogP contribution in [0.3, 0.4) is 0 Å². The van der Waals surface area contributed by atoms with Gasteiger partial charge in [0.15, 0.2) is 11.6 Å². The zero-order valence-electron chi connectivity index (χ0n) is 15.7. The minimum atomic E-state index is -0.993. The van der Waals surface area contributed by atoms with E-state index in [-0.39, 0.29) is 22.6 Å². The van der Waals surface area contributed by atoms with Gasteiger partial charge in [-0.15, -0.1) is 0 Å². The number of nitrogens with zero attached hydrogens (tertiary/aromatic N) is 1. The number of aromatic hydroxyl groups is 2. The fourth-order valence-electron chi connectivity index (χ4n) is 3.56. The molecule has 0 aliphatic rings. The monoisotopic (exact) mass is 393 g/mol. The first-order chi connectivity index (χ1) is 13.8. The number of hydrogen-bond donors (Lipinski definition) is 2. The number of benzene rings is 3. The maximum absolute atomic E-state index is 14.1. The lowest BCUT2D eigenvalue weighted by molar-refractivity contribution is 0.475. The van der Waals surface area contributed by atoms with Gasteiger partial charge in [-0.05, 0) is 79.1 Å². The maximum atomic E-state index is 14.1. The Balaban J connectivity index is 2.14. The van der Waals surface area contributed by atoms with Gasteiger partial charge in [-0.3, -0.25) is 9.36 Å². The van der Waals surface area contributed by atoms with Gasteiger partial charge in [-0.1, -0.05) is 0 Å². The molecule has 0 atom stereocenters. The summed E-state index contributed by atoms with van der Waals surface area (Å²) >= 11 is 0. The van der Waals surface area contributed by atoms with Crippen LogP contribution in [0.15, 0.2) is 59.5 Å². The number of phenolic OH excluding ortho intramolecular Hbond substituents is 2. The predicted octanol–water partition coefficient (Wildman–Crippen LogP) is 4.96. The molecule has 0 amide bonds. The van der Waals surface area contributed by atoms with Gasteiger partial charge in [-0.25, -0.2) is 8.78 Å². The molecule has 0 aliphatic heterocycles. The van der Waals surface area contributed by atoms with Gasteiger partial charge >= 0.3 is 0 Å². The fraction of sp³-hybridized carbons (Fsp3) is 0.0870. The van der Waals surface area contributed by atoms with E-state index in [0.29, 0.717) is 33.2 Å². The second-order valence-electron chi connectivity index (χ2n) is 7.01. The zero-order valence-corrected chi connectivity index (χ0v) is 15.7. The topological polar surface area (TPSA) is 62.5 Å². The molecule has 4 aromatic rings. The van der Waals surface area contributed by atoms with E-state index in [0.717, 1.165) is 6.07 Å². The van der Waals surface area contributed by atoms with Crippen LogP contribution in [-0.2, 0) is 0 Å². The Morgan fingerprint density at radius 3 is 2.21 bits per heavy atom. The van der Waals surface area contributed by atoms with Crippen molar-refractivity contribution >= 4 is 10.8 Å². The van der Waals surface area contributed by atoms with Gasteiger partial charge in [0.05, 0.1) is 5.39 Å². The summed E-state index contributed by atoms with van der Waals surface area (Å²) in [6, 6.07) is 11.6. The molecule has 0 radical (unpaired) electrons. The first-order valence-electron chi connectivity index (χ1n) is 8.90. The van der Waals surface area contributed by atoms with Crippen LogP contribution < -0.4 is 5.56 Å². The molecule has 4 rings (SSSR count). The lowest BCUT2D eigenvalue weighted by Gasteiger charge is -2.15. The Labute approximate surface area is 164 Å². The molecule has 1 heterocycles. The molecular weight excluding hydrogens is 376 g/mol. The van der Waals surface area contributed by atoms with Gasteiger partial charge in [-0.2, -0.15) is 0 Å². The van der Waals surface area contributed by atoms with Crippen molar-refractivity contribution in [2.45, 2.75) is 13.8 Å². The smallest absolute Gasteiger partial charge is 0.263 e. The van der Waals surface area contributed by atoms with E-state index in [4.69, 9.17) is 0 Å². The van der Waals surface area contributed by atoms with Crippen molar-refractivity contribution in [3.63, 3.8) is 0 Å². The molecule has 0 bridgehead atoms. The molecule has 1 aromatic heterocycles. The van der Waals surface area contributed by atoms with Crippen LogP contribution in [0.1, 0.15) is 11.1 Å². The Kier molecular flexibility index (Phi) is 4.34. The molecule has 0 fully saturated rings. The Hall–Kier alpha value is -3.67. The first kappa shape index (κ1) is 18.7. The van der Waals surface area contributed by atoms with Crippen molar-refractivity contribution in [2.75, 3.05) is 0 Å². The van der Waals surface area contributed by atoms with E-state index in [1.165, 1.54) is 48.0 Å².